The van der Waals surface area contributed by atoms with E-state index >= 15 is 0 Å². The summed E-state index contributed by atoms with van der Waals surface area (Å²) in [5.41, 5.74) is 1.02. The lowest BCUT2D eigenvalue weighted by Gasteiger charge is -2.09. The molecular formula is C12H13ClN4S. The smallest absolute Gasteiger partial charge is 0.133 e. The van der Waals surface area contributed by atoms with Crippen LogP contribution >= 0.6 is 23.4 Å². The molecule has 2 aromatic rings. The maximum atomic E-state index is 5.81. The van der Waals surface area contributed by atoms with Gasteiger partial charge in [0.2, 0.25) is 0 Å². The lowest BCUT2D eigenvalue weighted by atomic mass is 10.3. The first-order valence-corrected chi connectivity index (χ1v) is 6.62. The first-order valence-electron chi connectivity index (χ1n) is 5.42. The van der Waals surface area contributed by atoms with Gasteiger partial charge < -0.3 is 5.32 Å². The topological polar surface area (TPSA) is 50.7 Å². The molecule has 0 aliphatic carbocycles. The Hall–Kier alpha value is -1.33. The molecule has 0 unspecified atom stereocenters. The third-order valence-corrected chi connectivity index (χ3v) is 3.62. The fourth-order valence-electron chi connectivity index (χ4n) is 1.47. The highest BCUT2D eigenvalue weighted by atomic mass is 35.5. The van der Waals surface area contributed by atoms with Crippen molar-refractivity contribution in [3.8, 4) is 0 Å². The Bertz CT molecular complexity index is 557. The zero-order chi connectivity index (χ0) is 13.1. The lowest BCUT2D eigenvalue weighted by Crippen LogP contribution is -2.02. The summed E-state index contributed by atoms with van der Waals surface area (Å²) < 4.78 is 0. The van der Waals surface area contributed by atoms with Crippen LogP contribution in [0.15, 0.2) is 28.4 Å². The van der Waals surface area contributed by atoms with Crippen molar-refractivity contribution in [3.05, 3.63) is 34.7 Å². The van der Waals surface area contributed by atoms with Gasteiger partial charge in [-0.3, -0.25) is 0 Å². The minimum absolute atomic E-state index is 0.630. The molecule has 4 nitrogen and oxygen atoms in total. The van der Waals surface area contributed by atoms with Crippen molar-refractivity contribution in [1.29, 1.82) is 0 Å². The second kappa shape index (κ2) is 5.54. The second-order valence-corrected chi connectivity index (χ2v) is 5.16. The fraction of sp³-hybridized carbons (Fsp3) is 0.250. The van der Waals surface area contributed by atoms with Crippen molar-refractivity contribution in [2.24, 2.45) is 0 Å². The summed E-state index contributed by atoms with van der Waals surface area (Å²) >= 11 is 7.32. The van der Waals surface area contributed by atoms with E-state index in [2.05, 4.69) is 20.3 Å². The van der Waals surface area contributed by atoms with Crippen LogP contribution in [-0.4, -0.2) is 22.0 Å². The molecule has 2 aromatic heterocycles. The molecular weight excluding hydrogens is 268 g/mol. The minimum Gasteiger partial charge on any atom is -0.373 e. The molecule has 0 spiro atoms. The van der Waals surface area contributed by atoms with Gasteiger partial charge in [0.25, 0.3) is 0 Å². The molecule has 0 saturated carbocycles. The normalized spacial score (nSPS) is 10.4. The zero-order valence-electron chi connectivity index (χ0n) is 10.4. The first-order chi connectivity index (χ1) is 8.60. The van der Waals surface area contributed by atoms with E-state index in [1.807, 2.05) is 33.0 Å². The number of hydrogen-bond acceptors (Lipinski definition) is 5. The predicted molar refractivity (Wildman–Crippen MR) is 74.4 cm³/mol. The average molecular weight is 281 g/mol. The average Bonchev–Trinajstić information content (AvgIpc) is 2.36. The molecule has 0 saturated heterocycles. The van der Waals surface area contributed by atoms with Gasteiger partial charge in [-0.1, -0.05) is 11.6 Å². The van der Waals surface area contributed by atoms with Crippen LogP contribution in [0.5, 0.6) is 0 Å². The number of hydrogen-bond donors (Lipinski definition) is 1. The number of nitrogens with zero attached hydrogens (tertiary/aromatic N) is 3. The van der Waals surface area contributed by atoms with Crippen molar-refractivity contribution in [1.82, 2.24) is 15.0 Å². The SMILES string of the molecule is CNc1nc(C)nc(Sc2ccc(Cl)cn2)c1C. The van der Waals surface area contributed by atoms with Crippen molar-refractivity contribution in [2.75, 3.05) is 12.4 Å². The molecule has 0 amide bonds. The number of anilines is 1. The number of halogens is 1. The third-order valence-electron chi connectivity index (χ3n) is 2.35. The molecule has 6 heteroatoms. The van der Waals surface area contributed by atoms with Gasteiger partial charge in [0.15, 0.2) is 0 Å². The van der Waals surface area contributed by atoms with Gasteiger partial charge in [0, 0.05) is 18.8 Å². The summed E-state index contributed by atoms with van der Waals surface area (Å²) in [6, 6.07) is 3.70. The standard InChI is InChI=1S/C12H13ClN4S/c1-7-11(14-3)16-8(2)17-12(7)18-10-5-4-9(13)6-15-10/h4-6H,1-3H3,(H,14,16,17). The van der Waals surface area contributed by atoms with E-state index in [1.54, 1.807) is 6.20 Å². The van der Waals surface area contributed by atoms with E-state index in [4.69, 9.17) is 11.6 Å². The number of rotatable bonds is 3. The Balaban J connectivity index is 2.34. The van der Waals surface area contributed by atoms with Crippen LogP contribution in [0.1, 0.15) is 11.4 Å². The highest BCUT2D eigenvalue weighted by Gasteiger charge is 2.10. The molecule has 18 heavy (non-hydrogen) atoms. The van der Waals surface area contributed by atoms with Crippen molar-refractivity contribution >= 4 is 29.2 Å². The van der Waals surface area contributed by atoms with Gasteiger partial charge in [0.05, 0.1) is 5.02 Å². The number of nitrogens with one attached hydrogen (secondary N) is 1. The summed E-state index contributed by atoms with van der Waals surface area (Å²) in [6.07, 6.45) is 1.63. The fourth-order valence-corrected chi connectivity index (χ4v) is 2.45. The molecule has 0 aliphatic rings. The molecule has 0 fully saturated rings. The summed E-state index contributed by atoms with van der Waals surface area (Å²) in [4.78, 5) is 13.0. The zero-order valence-corrected chi connectivity index (χ0v) is 11.9. The summed E-state index contributed by atoms with van der Waals surface area (Å²) in [5, 5.41) is 5.46. The Morgan fingerprint density at radius 3 is 2.61 bits per heavy atom. The molecule has 0 aromatic carbocycles. The van der Waals surface area contributed by atoms with Crippen molar-refractivity contribution in [3.63, 3.8) is 0 Å². The van der Waals surface area contributed by atoms with Crippen molar-refractivity contribution < 1.29 is 0 Å². The van der Waals surface area contributed by atoms with E-state index in [0.717, 1.165) is 27.3 Å². The van der Waals surface area contributed by atoms with Gasteiger partial charge in [-0.2, -0.15) is 0 Å². The largest absolute Gasteiger partial charge is 0.373 e. The van der Waals surface area contributed by atoms with E-state index in [-0.39, 0.29) is 0 Å². The number of aryl methyl sites for hydroxylation is 1. The van der Waals surface area contributed by atoms with Crippen LogP contribution in [0.25, 0.3) is 0 Å². The second-order valence-electron chi connectivity index (χ2n) is 3.72. The summed E-state index contributed by atoms with van der Waals surface area (Å²) in [7, 11) is 1.85. The van der Waals surface area contributed by atoms with Crippen LogP contribution in [0.4, 0.5) is 5.82 Å². The molecule has 0 atom stereocenters. The van der Waals surface area contributed by atoms with Crippen molar-refractivity contribution in [2.45, 2.75) is 23.9 Å². The van der Waals surface area contributed by atoms with Crippen LogP contribution in [0, 0.1) is 13.8 Å². The quantitative estimate of drug-likeness (QED) is 0.874. The highest BCUT2D eigenvalue weighted by Crippen LogP contribution is 2.30. The summed E-state index contributed by atoms with van der Waals surface area (Å²) in [5.74, 6) is 1.58. The molecule has 0 radical (unpaired) electrons. The first kappa shape index (κ1) is 13.1. The van der Waals surface area contributed by atoms with Gasteiger partial charge in [0.1, 0.15) is 21.7 Å². The van der Waals surface area contributed by atoms with Crippen LogP contribution in [0.3, 0.4) is 0 Å². The van der Waals surface area contributed by atoms with Gasteiger partial charge in [-0.15, -0.1) is 0 Å². The van der Waals surface area contributed by atoms with Crippen LogP contribution < -0.4 is 5.32 Å². The Labute approximate surface area is 115 Å². The minimum atomic E-state index is 0.630. The Morgan fingerprint density at radius 2 is 2.00 bits per heavy atom. The number of pyridine rings is 1. The molecule has 2 rings (SSSR count). The molecule has 94 valence electrons. The van der Waals surface area contributed by atoms with Gasteiger partial charge in [-0.05, 0) is 37.7 Å². The number of aromatic nitrogens is 3. The summed E-state index contributed by atoms with van der Waals surface area (Å²) in [6.45, 7) is 3.86. The van der Waals surface area contributed by atoms with Crippen LogP contribution in [-0.2, 0) is 0 Å². The maximum Gasteiger partial charge on any atom is 0.133 e. The van der Waals surface area contributed by atoms with E-state index in [1.165, 1.54) is 11.8 Å². The molecule has 0 aliphatic heterocycles. The molecule has 2 heterocycles. The molecule has 0 bridgehead atoms. The third kappa shape index (κ3) is 2.91. The van der Waals surface area contributed by atoms with E-state index < -0.39 is 0 Å². The predicted octanol–water partition coefficient (Wildman–Crippen LogP) is 3.33. The highest BCUT2D eigenvalue weighted by molar-refractivity contribution is 7.99. The lowest BCUT2D eigenvalue weighted by molar-refractivity contribution is 0.937. The van der Waals surface area contributed by atoms with E-state index in [0.29, 0.717) is 5.02 Å². The Kier molecular flexibility index (Phi) is 4.04. The maximum absolute atomic E-state index is 5.81. The van der Waals surface area contributed by atoms with Crippen LogP contribution in [0.2, 0.25) is 5.02 Å². The molecule has 1 N–H and O–H groups in total. The van der Waals surface area contributed by atoms with Gasteiger partial charge >= 0.3 is 0 Å². The van der Waals surface area contributed by atoms with E-state index in [9.17, 15) is 0 Å². The monoisotopic (exact) mass is 280 g/mol. The Morgan fingerprint density at radius 1 is 1.22 bits per heavy atom. The van der Waals surface area contributed by atoms with Gasteiger partial charge in [-0.25, -0.2) is 15.0 Å².